The van der Waals surface area contributed by atoms with Gasteiger partial charge in [-0.2, -0.15) is 0 Å². The van der Waals surface area contributed by atoms with Crippen molar-refractivity contribution in [1.82, 2.24) is 0 Å². The highest BCUT2D eigenvalue weighted by molar-refractivity contribution is 5.97. The Morgan fingerprint density at radius 1 is 0.500 bits per heavy atom. The highest BCUT2D eigenvalue weighted by atomic mass is 15.2. The number of rotatable bonds is 4. The van der Waals surface area contributed by atoms with Gasteiger partial charge in [-0.15, -0.1) is 0 Å². The normalized spacial score (nSPS) is 14.1. The molecule has 48 heavy (non-hydrogen) atoms. The average molecular weight is 615 g/mol. The van der Waals surface area contributed by atoms with Crippen LogP contribution in [0.5, 0.6) is 0 Å². The van der Waals surface area contributed by atoms with E-state index in [0.717, 1.165) is 13.0 Å². The van der Waals surface area contributed by atoms with Crippen molar-refractivity contribution >= 4 is 22.7 Å². The summed E-state index contributed by atoms with van der Waals surface area (Å²) < 4.78 is 0. The van der Waals surface area contributed by atoms with Gasteiger partial charge in [0.25, 0.3) is 0 Å². The van der Waals surface area contributed by atoms with Crippen molar-refractivity contribution in [3.05, 3.63) is 203 Å². The summed E-state index contributed by atoms with van der Waals surface area (Å²) in [5.41, 5.74) is 19.5. The molecule has 7 aromatic rings. The second kappa shape index (κ2) is 10.3. The highest BCUT2D eigenvalue weighted by Crippen LogP contribution is 2.64. The number of nitrogens with zero attached hydrogens (tertiary/aromatic N) is 2. The number of hydrogen-bond donors (Lipinski definition) is 0. The largest absolute Gasteiger partial charge is 0.370 e. The lowest BCUT2D eigenvalue weighted by Gasteiger charge is -2.34. The zero-order valence-corrected chi connectivity index (χ0v) is 26.9. The highest BCUT2D eigenvalue weighted by Gasteiger charge is 2.52. The summed E-state index contributed by atoms with van der Waals surface area (Å²) >= 11 is 0. The van der Waals surface area contributed by atoms with Crippen LogP contribution in [-0.2, 0) is 18.4 Å². The van der Waals surface area contributed by atoms with Crippen LogP contribution in [0.3, 0.4) is 0 Å². The molecule has 0 saturated heterocycles. The van der Waals surface area contributed by atoms with Crippen LogP contribution in [0.25, 0.3) is 22.3 Å². The van der Waals surface area contributed by atoms with Gasteiger partial charge in [0.15, 0.2) is 0 Å². The monoisotopic (exact) mass is 614 g/mol. The molecule has 7 aromatic carbocycles. The van der Waals surface area contributed by atoms with Crippen molar-refractivity contribution in [2.75, 3.05) is 16.8 Å². The Kier molecular flexibility index (Phi) is 5.86. The van der Waals surface area contributed by atoms with Crippen LogP contribution in [-0.4, -0.2) is 7.05 Å². The molecule has 228 valence electrons. The van der Waals surface area contributed by atoms with Crippen molar-refractivity contribution < 1.29 is 0 Å². The molecule has 3 aliphatic rings. The average Bonchev–Trinajstić information content (AvgIpc) is 3.62. The molecule has 0 N–H and O–H groups in total. The predicted molar refractivity (Wildman–Crippen MR) is 199 cm³/mol. The van der Waals surface area contributed by atoms with Crippen molar-refractivity contribution in [1.29, 1.82) is 0 Å². The molecule has 0 aromatic heterocycles. The standard InChI is InChI=1S/C46H34N2/c1-47(30-31-25-27-34(28-26-31)48-42-22-10-2-13-32(42)29-33-14-3-11-23-43(33)48)44-24-12-18-38-37-17-6-9-21-41(37)46(45(38)44)39-19-7-4-15-35(39)36-16-5-8-20-40(36)46/h2-28H,29-30H2,1H3. The number of para-hydroxylation sites is 2. The minimum atomic E-state index is -0.358. The van der Waals surface area contributed by atoms with Gasteiger partial charge in [0.1, 0.15) is 0 Å². The van der Waals surface area contributed by atoms with E-state index in [0.29, 0.717) is 0 Å². The third-order valence-corrected chi connectivity index (χ3v) is 10.9. The molecule has 0 fully saturated rings. The van der Waals surface area contributed by atoms with Gasteiger partial charge in [-0.1, -0.05) is 133 Å². The Bertz CT molecular complexity index is 2280. The second-order valence-electron chi connectivity index (χ2n) is 13.4. The number of hydrogen-bond acceptors (Lipinski definition) is 2. The smallest absolute Gasteiger partial charge is 0.0745 e. The van der Waals surface area contributed by atoms with Crippen molar-refractivity contribution in [3.8, 4) is 22.3 Å². The number of anilines is 4. The molecule has 0 atom stereocenters. The van der Waals surface area contributed by atoms with Gasteiger partial charge in [0, 0.05) is 48.3 Å². The van der Waals surface area contributed by atoms with Gasteiger partial charge in [0.2, 0.25) is 0 Å². The lowest BCUT2D eigenvalue weighted by atomic mass is 9.70. The fourth-order valence-electron chi connectivity index (χ4n) is 8.93. The van der Waals surface area contributed by atoms with E-state index in [9.17, 15) is 0 Å². The first-order chi connectivity index (χ1) is 23.7. The maximum Gasteiger partial charge on any atom is 0.0745 e. The maximum absolute atomic E-state index is 2.45. The zero-order chi connectivity index (χ0) is 31.8. The molecule has 2 heteroatoms. The van der Waals surface area contributed by atoms with Gasteiger partial charge in [-0.3, -0.25) is 0 Å². The third kappa shape index (κ3) is 3.69. The van der Waals surface area contributed by atoms with E-state index in [2.05, 4.69) is 181 Å². The van der Waals surface area contributed by atoms with Crippen LogP contribution < -0.4 is 9.80 Å². The number of fused-ring (bicyclic) bond motifs is 12. The lowest BCUT2D eigenvalue weighted by molar-refractivity contribution is 0.781. The topological polar surface area (TPSA) is 6.48 Å². The third-order valence-electron chi connectivity index (χ3n) is 10.9. The second-order valence-corrected chi connectivity index (χ2v) is 13.4. The molecule has 1 aliphatic heterocycles. The van der Waals surface area contributed by atoms with Crippen LogP contribution in [0, 0.1) is 0 Å². The Balaban J connectivity index is 1.07. The van der Waals surface area contributed by atoms with Crippen molar-refractivity contribution in [3.63, 3.8) is 0 Å². The molecular weight excluding hydrogens is 581 g/mol. The number of benzene rings is 7. The molecular formula is C46H34N2. The summed E-state index contributed by atoms with van der Waals surface area (Å²) in [4.78, 5) is 4.87. The molecule has 10 rings (SSSR count). The van der Waals surface area contributed by atoms with E-state index in [-0.39, 0.29) is 5.41 Å². The first kappa shape index (κ1) is 27.3. The predicted octanol–water partition coefficient (Wildman–Crippen LogP) is 11.0. The zero-order valence-electron chi connectivity index (χ0n) is 26.9. The fourth-order valence-corrected chi connectivity index (χ4v) is 8.93. The minimum absolute atomic E-state index is 0.358. The van der Waals surface area contributed by atoms with Crippen molar-refractivity contribution in [2.45, 2.75) is 18.4 Å². The molecule has 0 radical (unpaired) electrons. The van der Waals surface area contributed by atoms with Gasteiger partial charge < -0.3 is 9.80 Å². The molecule has 0 amide bonds. The van der Waals surface area contributed by atoms with Gasteiger partial charge in [-0.25, -0.2) is 0 Å². The van der Waals surface area contributed by atoms with E-state index >= 15 is 0 Å². The van der Waals surface area contributed by atoms with Gasteiger partial charge in [0.05, 0.1) is 5.41 Å². The molecule has 0 bridgehead atoms. The van der Waals surface area contributed by atoms with E-state index in [4.69, 9.17) is 0 Å². The summed E-state index contributed by atoms with van der Waals surface area (Å²) in [5, 5.41) is 0. The van der Waals surface area contributed by atoms with Crippen LogP contribution >= 0.6 is 0 Å². The summed E-state index contributed by atoms with van der Waals surface area (Å²) in [6.07, 6.45) is 0.966. The summed E-state index contributed by atoms with van der Waals surface area (Å²) in [6.45, 7) is 0.805. The summed E-state index contributed by atoms with van der Waals surface area (Å²) in [5.74, 6) is 0. The summed E-state index contributed by atoms with van der Waals surface area (Å²) in [7, 11) is 2.25. The molecule has 2 aliphatic carbocycles. The molecule has 0 unspecified atom stereocenters. The Labute approximate surface area is 282 Å². The van der Waals surface area contributed by atoms with Crippen molar-refractivity contribution in [2.24, 2.45) is 0 Å². The van der Waals surface area contributed by atoms with Crippen LogP contribution in [0.2, 0.25) is 0 Å². The Morgan fingerprint density at radius 2 is 0.979 bits per heavy atom. The molecule has 2 nitrogen and oxygen atoms in total. The quantitative estimate of drug-likeness (QED) is 0.195. The van der Waals surface area contributed by atoms with Crippen LogP contribution in [0.4, 0.5) is 22.7 Å². The molecule has 0 saturated carbocycles. The Hall–Kier alpha value is -5.86. The molecule has 1 heterocycles. The first-order valence-corrected chi connectivity index (χ1v) is 16.9. The first-order valence-electron chi connectivity index (χ1n) is 16.9. The van der Waals surface area contributed by atoms with Crippen LogP contribution in [0.1, 0.15) is 38.9 Å². The molecule has 1 spiro atoms. The SMILES string of the molecule is CN(Cc1ccc(N2c3ccccc3Cc3ccccc32)cc1)c1cccc2c1C1(c3ccccc3-c3ccccc31)c1ccccc1-2. The van der Waals surface area contributed by atoms with Gasteiger partial charge >= 0.3 is 0 Å². The van der Waals surface area contributed by atoms with Gasteiger partial charge in [-0.05, 0) is 86.0 Å². The van der Waals surface area contributed by atoms with E-state index < -0.39 is 0 Å². The van der Waals surface area contributed by atoms with E-state index in [1.807, 2.05) is 0 Å². The maximum atomic E-state index is 2.45. The lowest BCUT2D eigenvalue weighted by Crippen LogP contribution is -2.29. The Morgan fingerprint density at radius 3 is 1.56 bits per heavy atom. The fraction of sp³-hybridized carbons (Fsp3) is 0.0870. The van der Waals surface area contributed by atoms with Crippen LogP contribution in [0.15, 0.2) is 164 Å². The minimum Gasteiger partial charge on any atom is -0.370 e. The summed E-state index contributed by atoms with van der Waals surface area (Å²) in [6, 6.07) is 60.8. The van der Waals surface area contributed by atoms with E-state index in [1.54, 1.807) is 0 Å². The van der Waals surface area contributed by atoms with E-state index in [1.165, 1.54) is 83.9 Å².